The van der Waals surface area contributed by atoms with Crippen molar-refractivity contribution >= 4 is 17.7 Å². The van der Waals surface area contributed by atoms with Gasteiger partial charge in [-0.3, -0.25) is 9.69 Å². The molecule has 1 aliphatic rings. The molecule has 0 unspecified atom stereocenters. The van der Waals surface area contributed by atoms with Crippen molar-refractivity contribution in [2.75, 3.05) is 11.5 Å². The van der Waals surface area contributed by atoms with Crippen LogP contribution in [-0.4, -0.2) is 29.5 Å². The third-order valence-electron chi connectivity index (χ3n) is 3.84. The number of rotatable bonds is 4. The van der Waals surface area contributed by atoms with E-state index in [0.717, 1.165) is 11.1 Å². The molecule has 0 aliphatic carbocycles. The number of nitrogens with zero attached hydrogens (tertiary/aromatic N) is 2. The number of Topliss-reactive ketones (excluding diaryl/α,β-unsaturated/α-hetero) is 1. The third kappa shape index (κ3) is 3.23. The van der Waals surface area contributed by atoms with Crippen LogP contribution in [0.4, 0.5) is 10.6 Å². The Morgan fingerprint density at radius 3 is 2.74 bits per heavy atom. The van der Waals surface area contributed by atoms with Crippen molar-refractivity contribution in [2.24, 2.45) is 0 Å². The van der Waals surface area contributed by atoms with Crippen LogP contribution in [0.3, 0.4) is 0 Å². The fourth-order valence-corrected chi connectivity index (χ4v) is 2.73. The highest BCUT2D eigenvalue weighted by Gasteiger charge is 2.35. The summed E-state index contributed by atoms with van der Waals surface area (Å²) >= 11 is 0. The lowest BCUT2D eigenvalue weighted by molar-refractivity contribution is 0.101. The maximum Gasteiger partial charge on any atom is 0.415 e. The number of aryl methyl sites for hydroxylation is 1. The van der Waals surface area contributed by atoms with Crippen molar-refractivity contribution < 1.29 is 14.3 Å². The molecule has 2 aromatic rings. The van der Waals surface area contributed by atoms with Gasteiger partial charge < -0.3 is 4.74 Å². The van der Waals surface area contributed by atoms with Crippen LogP contribution in [-0.2, 0) is 11.2 Å². The number of carbonyl (C=O) groups excluding carboxylic acids is 2. The molecule has 23 heavy (non-hydrogen) atoms. The lowest BCUT2D eigenvalue weighted by atomic mass is 10.1. The first-order valence-corrected chi connectivity index (χ1v) is 7.54. The number of aromatic nitrogens is 1. The fourth-order valence-electron chi connectivity index (χ4n) is 2.73. The molecule has 5 heteroatoms. The minimum atomic E-state index is -0.418. The molecule has 118 valence electrons. The summed E-state index contributed by atoms with van der Waals surface area (Å²) in [6.45, 7) is 3.67. The van der Waals surface area contributed by atoms with Crippen molar-refractivity contribution in [3.63, 3.8) is 0 Å². The lowest BCUT2D eigenvalue weighted by Gasteiger charge is -2.21. The average molecular weight is 310 g/mol. The van der Waals surface area contributed by atoms with Gasteiger partial charge >= 0.3 is 6.09 Å². The summed E-state index contributed by atoms with van der Waals surface area (Å²) in [5.74, 6) is 0.348. The van der Waals surface area contributed by atoms with E-state index in [1.54, 1.807) is 17.0 Å². The van der Waals surface area contributed by atoms with Crippen LogP contribution in [0.5, 0.6) is 0 Å². The highest BCUT2D eigenvalue weighted by molar-refractivity contribution is 5.94. The van der Waals surface area contributed by atoms with Gasteiger partial charge in [-0.1, -0.05) is 30.3 Å². The highest BCUT2D eigenvalue weighted by Crippen LogP contribution is 2.25. The molecule has 0 bridgehead atoms. The van der Waals surface area contributed by atoms with E-state index in [2.05, 4.69) is 4.98 Å². The highest BCUT2D eigenvalue weighted by atomic mass is 16.6. The number of cyclic esters (lactones) is 1. The van der Waals surface area contributed by atoms with Crippen molar-refractivity contribution in [2.45, 2.75) is 26.3 Å². The van der Waals surface area contributed by atoms with Crippen LogP contribution >= 0.6 is 0 Å². The quantitative estimate of drug-likeness (QED) is 0.814. The summed E-state index contributed by atoms with van der Waals surface area (Å²) in [5.41, 5.74) is 2.37. The first-order chi connectivity index (χ1) is 11.0. The Morgan fingerprint density at radius 2 is 2.04 bits per heavy atom. The van der Waals surface area contributed by atoms with Crippen molar-refractivity contribution in [3.05, 3.63) is 59.3 Å². The minimum Gasteiger partial charge on any atom is -0.447 e. The molecule has 0 spiro atoms. The number of hydrogen-bond donors (Lipinski definition) is 0. The van der Waals surface area contributed by atoms with Crippen LogP contribution in [0.2, 0.25) is 0 Å². The van der Waals surface area contributed by atoms with E-state index in [-0.39, 0.29) is 11.8 Å². The number of pyridine rings is 1. The van der Waals surface area contributed by atoms with Crippen LogP contribution in [0, 0.1) is 6.92 Å². The third-order valence-corrected chi connectivity index (χ3v) is 3.84. The lowest BCUT2D eigenvalue weighted by Crippen LogP contribution is -2.36. The summed E-state index contributed by atoms with van der Waals surface area (Å²) in [7, 11) is 0. The molecule has 1 aromatic carbocycles. The fraction of sp³-hybridized carbons (Fsp3) is 0.278. The second-order valence-electron chi connectivity index (χ2n) is 5.73. The smallest absolute Gasteiger partial charge is 0.415 e. The molecule has 1 aliphatic heterocycles. The number of ether oxygens (including phenoxy) is 1. The Hall–Kier alpha value is -2.69. The molecule has 0 radical (unpaired) electrons. The SMILES string of the molecule is CC(=O)c1cc(C)cc(N2C(=O)OC[C@@H]2Cc2ccccc2)n1. The molecule has 2 heterocycles. The van der Waals surface area contributed by atoms with Gasteiger partial charge in [0.25, 0.3) is 0 Å². The Kier molecular flexibility index (Phi) is 4.10. The molecule has 5 nitrogen and oxygen atoms in total. The number of ketones is 1. The molecular weight excluding hydrogens is 292 g/mol. The normalized spacial score (nSPS) is 17.2. The van der Waals surface area contributed by atoms with Gasteiger partial charge in [-0.05, 0) is 36.6 Å². The van der Waals surface area contributed by atoms with E-state index in [9.17, 15) is 9.59 Å². The first-order valence-electron chi connectivity index (χ1n) is 7.54. The zero-order valence-corrected chi connectivity index (χ0v) is 13.2. The molecule has 1 fully saturated rings. The molecule has 0 N–H and O–H groups in total. The Morgan fingerprint density at radius 1 is 1.30 bits per heavy atom. The van der Waals surface area contributed by atoms with E-state index < -0.39 is 6.09 Å². The predicted molar refractivity (Wildman–Crippen MR) is 86.7 cm³/mol. The maximum absolute atomic E-state index is 12.1. The molecule has 1 saturated heterocycles. The monoisotopic (exact) mass is 310 g/mol. The van der Waals surface area contributed by atoms with E-state index in [1.807, 2.05) is 37.3 Å². The van der Waals surface area contributed by atoms with Crippen LogP contribution in [0.25, 0.3) is 0 Å². The zero-order chi connectivity index (χ0) is 16.4. The number of hydrogen-bond acceptors (Lipinski definition) is 4. The van der Waals surface area contributed by atoms with Gasteiger partial charge in [0, 0.05) is 6.92 Å². The summed E-state index contributed by atoms with van der Waals surface area (Å²) in [4.78, 5) is 29.6. The molecule has 1 aromatic heterocycles. The van der Waals surface area contributed by atoms with Gasteiger partial charge in [0.1, 0.15) is 18.1 Å². The Bertz CT molecular complexity index is 743. The van der Waals surface area contributed by atoms with Gasteiger partial charge in [-0.25, -0.2) is 9.78 Å². The number of carbonyl (C=O) groups is 2. The van der Waals surface area contributed by atoms with Gasteiger partial charge in [-0.15, -0.1) is 0 Å². The van der Waals surface area contributed by atoms with E-state index >= 15 is 0 Å². The van der Waals surface area contributed by atoms with E-state index in [1.165, 1.54) is 6.92 Å². The van der Waals surface area contributed by atoms with Crippen LogP contribution in [0.15, 0.2) is 42.5 Å². The van der Waals surface area contributed by atoms with Crippen LogP contribution < -0.4 is 4.90 Å². The Balaban J connectivity index is 1.92. The molecule has 0 saturated carbocycles. The second kappa shape index (κ2) is 6.20. The largest absolute Gasteiger partial charge is 0.447 e. The maximum atomic E-state index is 12.1. The van der Waals surface area contributed by atoms with E-state index in [4.69, 9.17) is 4.74 Å². The van der Waals surface area contributed by atoms with E-state index in [0.29, 0.717) is 24.5 Å². The summed E-state index contributed by atoms with van der Waals surface area (Å²) < 4.78 is 5.21. The number of amides is 1. The predicted octanol–water partition coefficient (Wildman–Crippen LogP) is 3.16. The van der Waals surface area contributed by atoms with Gasteiger partial charge in [0.15, 0.2) is 5.78 Å². The van der Waals surface area contributed by atoms with Crippen molar-refractivity contribution in [3.8, 4) is 0 Å². The van der Waals surface area contributed by atoms with Crippen molar-refractivity contribution in [1.29, 1.82) is 0 Å². The summed E-state index contributed by atoms with van der Waals surface area (Å²) in [6, 6.07) is 13.3. The molecule has 3 rings (SSSR count). The zero-order valence-electron chi connectivity index (χ0n) is 13.2. The number of benzene rings is 1. The van der Waals surface area contributed by atoms with Gasteiger partial charge in [0.05, 0.1) is 6.04 Å². The summed E-state index contributed by atoms with van der Waals surface area (Å²) in [6.07, 6.45) is 0.260. The van der Waals surface area contributed by atoms with Crippen LogP contribution in [0.1, 0.15) is 28.5 Å². The number of anilines is 1. The molecule has 1 atom stereocenters. The van der Waals surface area contributed by atoms with Gasteiger partial charge in [0.2, 0.25) is 0 Å². The topological polar surface area (TPSA) is 59.5 Å². The standard InChI is InChI=1S/C18H18N2O3/c1-12-8-16(13(2)21)19-17(9-12)20-15(11-23-18(20)22)10-14-6-4-3-5-7-14/h3-9,15H,10-11H2,1-2H3/t15-/m0/s1. The molecular formula is C18H18N2O3. The summed E-state index contributed by atoms with van der Waals surface area (Å²) in [5, 5.41) is 0. The first kappa shape index (κ1) is 15.2. The second-order valence-corrected chi connectivity index (χ2v) is 5.73. The Labute approximate surface area is 134 Å². The van der Waals surface area contributed by atoms with Gasteiger partial charge in [-0.2, -0.15) is 0 Å². The van der Waals surface area contributed by atoms with Crippen molar-refractivity contribution in [1.82, 2.24) is 4.98 Å². The minimum absolute atomic E-state index is 0.123. The average Bonchev–Trinajstić information content (AvgIpc) is 2.88. The molecule has 1 amide bonds.